The number of hydrogen-bond acceptors (Lipinski definition) is 9. The Bertz CT molecular complexity index is 1380. The number of aryl methyl sites for hydroxylation is 1. The molecular formula is C21H15NNa2O9S2. The second kappa shape index (κ2) is 10.9. The molecule has 4 rings (SSSR count). The summed E-state index contributed by atoms with van der Waals surface area (Å²) in [5.74, 6) is -0.866. The number of fused-ring (bicyclic) bond motifs is 1. The van der Waals surface area contributed by atoms with Gasteiger partial charge in [-0.3, -0.25) is 4.79 Å². The number of rotatable bonds is 6. The van der Waals surface area contributed by atoms with E-state index in [1.807, 2.05) is 13.0 Å². The molecule has 3 aromatic rings. The smallest absolute Gasteiger partial charge is 0.716 e. The predicted molar refractivity (Wildman–Crippen MR) is 113 cm³/mol. The van der Waals surface area contributed by atoms with Crippen molar-refractivity contribution in [1.82, 2.24) is 0 Å². The Morgan fingerprint density at radius 2 is 1.17 bits per heavy atom. The van der Waals surface area contributed by atoms with E-state index >= 15 is 0 Å². The molecule has 0 saturated carbocycles. The Morgan fingerprint density at radius 3 is 1.57 bits per heavy atom. The third-order valence-corrected chi connectivity index (χ3v) is 6.02. The summed E-state index contributed by atoms with van der Waals surface area (Å²) >= 11 is 0. The van der Waals surface area contributed by atoms with Crippen molar-refractivity contribution in [1.29, 1.82) is 0 Å². The maximum atomic E-state index is 13.5. The molecular weight excluding hydrogens is 520 g/mol. The summed E-state index contributed by atoms with van der Waals surface area (Å²) in [4.78, 5) is 13.5. The number of nitrogens with one attached hydrogen (secondary N) is 1. The molecule has 3 aromatic carbocycles. The first kappa shape index (κ1) is 29.8. The molecule has 14 heteroatoms. The van der Waals surface area contributed by atoms with Gasteiger partial charge in [-0.05, 0) is 47.9 Å². The number of carbonyl (C=O) groups is 1. The van der Waals surface area contributed by atoms with Gasteiger partial charge in [-0.15, -0.1) is 0 Å². The second-order valence-electron chi connectivity index (χ2n) is 7.23. The average molecular weight is 535 g/mol. The molecule has 0 saturated heterocycles. The van der Waals surface area contributed by atoms with Crippen LogP contribution in [0.3, 0.4) is 0 Å². The zero-order valence-corrected chi connectivity index (χ0v) is 24.5. The third kappa shape index (κ3) is 6.10. The standard InChI is InChI=1S/C21H17NO9S2.2Na/c1-13-3-2-4-18-19(13)22-20(23)21(18,14-5-9-16(10-6-14)30-32(24,25)26)15-7-11-17(12-8-15)31-33(27,28)29;;/h2-12H,1H3,(H,22,23)(H,24,25,26)(H,27,28,29);;/q;2*+1/p-2. The number of amides is 1. The average Bonchev–Trinajstić information content (AvgIpc) is 3.01. The maximum Gasteiger partial charge on any atom is 1.00 e. The van der Waals surface area contributed by atoms with Gasteiger partial charge in [0.25, 0.3) is 20.8 Å². The minimum absolute atomic E-state index is 0. The summed E-state index contributed by atoms with van der Waals surface area (Å²) in [6.07, 6.45) is 0. The Kier molecular flexibility index (Phi) is 9.26. The Hall–Kier alpha value is -1.45. The van der Waals surface area contributed by atoms with E-state index in [-0.39, 0.29) is 70.6 Å². The van der Waals surface area contributed by atoms with E-state index in [9.17, 15) is 30.7 Å². The summed E-state index contributed by atoms with van der Waals surface area (Å²) in [6.45, 7) is 1.82. The van der Waals surface area contributed by atoms with Crippen LogP contribution < -0.4 is 72.8 Å². The predicted octanol–water partition coefficient (Wildman–Crippen LogP) is -4.03. The van der Waals surface area contributed by atoms with Crippen molar-refractivity contribution in [3.05, 3.63) is 89.0 Å². The van der Waals surface area contributed by atoms with Crippen molar-refractivity contribution in [2.24, 2.45) is 0 Å². The van der Waals surface area contributed by atoms with Crippen LogP contribution in [0.1, 0.15) is 22.3 Å². The van der Waals surface area contributed by atoms with Crippen LogP contribution in [0.2, 0.25) is 0 Å². The number of para-hydroxylation sites is 1. The molecule has 0 radical (unpaired) electrons. The van der Waals surface area contributed by atoms with Crippen LogP contribution in [0, 0.1) is 6.92 Å². The molecule has 1 aliphatic rings. The molecule has 0 aliphatic carbocycles. The molecule has 10 nitrogen and oxygen atoms in total. The van der Waals surface area contributed by atoms with E-state index in [0.717, 1.165) is 5.56 Å². The van der Waals surface area contributed by atoms with E-state index in [4.69, 9.17) is 0 Å². The first-order valence-electron chi connectivity index (χ1n) is 9.33. The summed E-state index contributed by atoms with van der Waals surface area (Å²) < 4.78 is 74.0. The van der Waals surface area contributed by atoms with Gasteiger partial charge < -0.3 is 22.8 Å². The Labute approximate surface area is 246 Å². The summed E-state index contributed by atoms with van der Waals surface area (Å²) in [5.41, 5.74) is 1.42. The van der Waals surface area contributed by atoms with E-state index in [1.54, 1.807) is 12.1 Å². The molecule has 0 fully saturated rings. The van der Waals surface area contributed by atoms with Crippen molar-refractivity contribution in [2.45, 2.75) is 12.3 Å². The summed E-state index contributed by atoms with van der Waals surface area (Å²) in [7, 11) is -9.96. The van der Waals surface area contributed by atoms with Crippen molar-refractivity contribution in [2.75, 3.05) is 5.32 Å². The molecule has 172 valence electrons. The number of benzene rings is 3. The summed E-state index contributed by atoms with van der Waals surface area (Å²) in [5, 5.41) is 2.87. The molecule has 0 spiro atoms. The van der Waals surface area contributed by atoms with E-state index in [1.165, 1.54) is 48.5 Å². The van der Waals surface area contributed by atoms with Crippen LogP contribution in [0.25, 0.3) is 0 Å². The van der Waals surface area contributed by atoms with Crippen LogP contribution >= 0.6 is 0 Å². The summed E-state index contributed by atoms with van der Waals surface area (Å²) in [6, 6.07) is 16.1. The van der Waals surface area contributed by atoms with Gasteiger partial charge in [0.15, 0.2) is 0 Å². The molecule has 1 heterocycles. The molecule has 35 heavy (non-hydrogen) atoms. The SMILES string of the molecule is Cc1cccc2c1NC(=O)C2(c1ccc(OS(=O)(=O)[O-])cc1)c1ccc(OS(=O)(=O)[O-])cc1.[Na+].[Na+]. The van der Waals surface area contributed by atoms with E-state index in [0.29, 0.717) is 22.4 Å². The van der Waals surface area contributed by atoms with Gasteiger partial charge in [0.1, 0.15) is 16.9 Å². The number of hydrogen-bond donors (Lipinski definition) is 1. The molecule has 0 atom stereocenters. The molecule has 1 amide bonds. The van der Waals surface area contributed by atoms with Crippen LogP contribution in [0.4, 0.5) is 5.69 Å². The van der Waals surface area contributed by atoms with E-state index in [2.05, 4.69) is 13.7 Å². The Balaban J connectivity index is 0.00000216. The van der Waals surface area contributed by atoms with E-state index < -0.39 is 32.1 Å². The zero-order chi connectivity index (χ0) is 24.0. The van der Waals surface area contributed by atoms with Crippen LogP contribution in [-0.4, -0.2) is 31.8 Å². The van der Waals surface area contributed by atoms with Crippen molar-refractivity contribution >= 4 is 32.4 Å². The second-order valence-corrected chi connectivity index (χ2v) is 9.20. The molecule has 0 unspecified atom stereocenters. The zero-order valence-electron chi connectivity index (χ0n) is 18.8. The quantitative estimate of drug-likeness (QED) is 0.188. The largest absolute Gasteiger partial charge is 1.00 e. The van der Waals surface area contributed by atoms with Crippen molar-refractivity contribution in [3.8, 4) is 11.5 Å². The molecule has 1 aliphatic heterocycles. The minimum Gasteiger partial charge on any atom is -0.716 e. The monoisotopic (exact) mass is 535 g/mol. The first-order valence-corrected chi connectivity index (χ1v) is 12.0. The van der Waals surface area contributed by atoms with Gasteiger partial charge in [-0.25, -0.2) is 16.8 Å². The van der Waals surface area contributed by atoms with Gasteiger partial charge in [-0.1, -0.05) is 42.5 Å². The molecule has 1 N–H and O–H groups in total. The number of carbonyl (C=O) groups excluding carboxylic acids is 1. The van der Waals surface area contributed by atoms with Crippen LogP contribution in [-0.2, 0) is 31.0 Å². The molecule has 0 aromatic heterocycles. The molecule has 0 bridgehead atoms. The van der Waals surface area contributed by atoms with Gasteiger partial charge in [-0.2, -0.15) is 0 Å². The fraction of sp³-hybridized carbons (Fsp3) is 0.0952. The van der Waals surface area contributed by atoms with Crippen LogP contribution in [0.15, 0.2) is 66.7 Å². The normalized spacial score (nSPS) is 14.1. The number of anilines is 1. The van der Waals surface area contributed by atoms with Gasteiger partial charge in [0, 0.05) is 11.3 Å². The first-order chi connectivity index (χ1) is 15.4. The van der Waals surface area contributed by atoms with Crippen molar-refractivity contribution < 1.29 is 98.2 Å². The van der Waals surface area contributed by atoms with Gasteiger partial charge in [0.05, 0.1) is 0 Å². The van der Waals surface area contributed by atoms with Crippen LogP contribution in [0.5, 0.6) is 11.5 Å². The Morgan fingerprint density at radius 1 is 0.743 bits per heavy atom. The topological polar surface area (TPSA) is 162 Å². The third-order valence-electron chi connectivity index (χ3n) is 5.23. The fourth-order valence-corrected chi connectivity index (χ4v) is 4.67. The maximum absolute atomic E-state index is 13.5. The van der Waals surface area contributed by atoms with Crippen molar-refractivity contribution in [3.63, 3.8) is 0 Å². The minimum atomic E-state index is -4.98. The van der Waals surface area contributed by atoms with Gasteiger partial charge >= 0.3 is 59.1 Å². The van der Waals surface area contributed by atoms with Gasteiger partial charge in [0.2, 0.25) is 5.91 Å². The fourth-order valence-electron chi connectivity index (χ4n) is 3.97.